The molecule has 3 heteroatoms. The van der Waals surface area contributed by atoms with Gasteiger partial charge >= 0.3 is 0 Å². The minimum atomic E-state index is -0.759. The Morgan fingerprint density at radius 3 is 2.38 bits per heavy atom. The largest absolute Gasteiger partial charge is 0.380 e. The summed E-state index contributed by atoms with van der Waals surface area (Å²) >= 11 is 0. The van der Waals surface area contributed by atoms with Crippen molar-refractivity contribution in [1.29, 1.82) is 0 Å². The fourth-order valence-electron chi connectivity index (χ4n) is 4.28. The van der Waals surface area contributed by atoms with Gasteiger partial charge in [0.2, 0.25) is 0 Å². The SMILES string of the molecule is Fc1cccc(NC2CCCCC2C2CCCCC2)c1F. The maximum atomic E-state index is 13.9. The summed E-state index contributed by atoms with van der Waals surface area (Å²) in [6.45, 7) is 0. The summed E-state index contributed by atoms with van der Waals surface area (Å²) < 4.78 is 27.3. The molecule has 0 amide bonds. The number of benzene rings is 1. The highest BCUT2D eigenvalue weighted by Gasteiger charge is 2.32. The van der Waals surface area contributed by atoms with Gasteiger partial charge in [0, 0.05) is 6.04 Å². The number of halogens is 2. The third-order valence-corrected chi connectivity index (χ3v) is 5.37. The molecular weight excluding hydrogens is 268 g/mol. The van der Waals surface area contributed by atoms with Gasteiger partial charge in [0.25, 0.3) is 0 Å². The van der Waals surface area contributed by atoms with Crippen LogP contribution in [-0.2, 0) is 0 Å². The lowest BCUT2D eigenvalue weighted by Crippen LogP contribution is -2.37. The molecule has 2 unspecified atom stereocenters. The Balaban J connectivity index is 1.73. The first-order chi connectivity index (χ1) is 10.3. The summed E-state index contributed by atoms with van der Waals surface area (Å²) in [7, 11) is 0. The minimum Gasteiger partial charge on any atom is -0.380 e. The molecule has 1 aromatic rings. The molecule has 21 heavy (non-hydrogen) atoms. The second-order valence-corrected chi connectivity index (χ2v) is 6.70. The van der Waals surface area contributed by atoms with Gasteiger partial charge < -0.3 is 5.32 Å². The summed E-state index contributed by atoms with van der Waals surface area (Å²) in [5.74, 6) is -0.0922. The molecule has 2 fully saturated rings. The van der Waals surface area contributed by atoms with Gasteiger partial charge in [-0.1, -0.05) is 51.0 Å². The molecule has 2 aliphatic rings. The molecule has 116 valence electrons. The van der Waals surface area contributed by atoms with Crippen LogP contribution >= 0.6 is 0 Å². The van der Waals surface area contributed by atoms with Crippen LogP contribution in [0.5, 0.6) is 0 Å². The molecule has 0 saturated heterocycles. The molecular formula is C18H25F2N. The molecule has 0 spiro atoms. The fraction of sp³-hybridized carbons (Fsp3) is 0.667. The highest BCUT2D eigenvalue weighted by atomic mass is 19.2. The van der Waals surface area contributed by atoms with E-state index in [1.807, 2.05) is 0 Å². The first-order valence-corrected chi connectivity index (χ1v) is 8.46. The second kappa shape index (κ2) is 6.76. The molecule has 0 bridgehead atoms. The van der Waals surface area contributed by atoms with Crippen LogP contribution in [0.2, 0.25) is 0 Å². The highest BCUT2D eigenvalue weighted by Crippen LogP contribution is 2.39. The fourth-order valence-corrected chi connectivity index (χ4v) is 4.28. The van der Waals surface area contributed by atoms with Crippen molar-refractivity contribution >= 4 is 5.69 Å². The normalized spacial score (nSPS) is 27.5. The smallest absolute Gasteiger partial charge is 0.181 e. The molecule has 2 aliphatic carbocycles. The highest BCUT2D eigenvalue weighted by molar-refractivity contribution is 5.46. The van der Waals surface area contributed by atoms with Crippen LogP contribution < -0.4 is 5.32 Å². The molecule has 1 nitrogen and oxygen atoms in total. The van der Waals surface area contributed by atoms with Crippen LogP contribution in [0.15, 0.2) is 18.2 Å². The third kappa shape index (κ3) is 3.38. The maximum absolute atomic E-state index is 13.9. The molecule has 2 saturated carbocycles. The third-order valence-electron chi connectivity index (χ3n) is 5.37. The summed E-state index contributed by atoms with van der Waals surface area (Å²) in [6, 6.07) is 4.72. The molecule has 0 aliphatic heterocycles. The first-order valence-electron chi connectivity index (χ1n) is 8.46. The Hall–Kier alpha value is -1.12. The predicted molar refractivity (Wildman–Crippen MR) is 82.3 cm³/mol. The molecule has 0 aromatic heterocycles. The Morgan fingerprint density at radius 1 is 0.857 bits per heavy atom. The van der Waals surface area contributed by atoms with Crippen molar-refractivity contribution < 1.29 is 8.78 Å². The monoisotopic (exact) mass is 293 g/mol. The molecule has 0 radical (unpaired) electrons. The van der Waals surface area contributed by atoms with E-state index >= 15 is 0 Å². The zero-order chi connectivity index (χ0) is 14.7. The van der Waals surface area contributed by atoms with Crippen molar-refractivity contribution in [2.45, 2.75) is 63.8 Å². The second-order valence-electron chi connectivity index (χ2n) is 6.70. The van der Waals surface area contributed by atoms with Crippen molar-refractivity contribution in [1.82, 2.24) is 0 Å². The van der Waals surface area contributed by atoms with Crippen LogP contribution in [0.3, 0.4) is 0 Å². The van der Waals surface area contributed by atoms with Crippen molar-refractivity contribution in [3.63, 3.8) is 0 Å². The predicted octanol–water partition coefficient (Wildman–Crippen LogP) is 5.52. The lowest BCUT2D eigenvalue weighted by atomic mass is 9.71. The molecule has 1 aromatic carbocycles. The summed E-state index contributed by atoms with van der Waals surface area (Å²) in [6.07, 6.45) is 11.5. The maximum Gasteiger partial charge on any atom is 0.181 e. The summed E-state index contributed by atoms with van der Waals surface area (Å²) in [5, 5.41) is 3.32. The lowest BCUT2D eigenvalue weighted by molar-refractivity contribution is 0.180. The van der Waals surface area contributed by atoms with Crippen molar-refractivity contribution in [3.8, 4) is 0 Å². The van der Waals surface area contributed by atoms with Crippen LogP contribution in [0, 0.1) is 23.5 Å². The van der Waals surface area contributed by atoms with Crippen molar-refractivity contribution in [2.75, 3.05) is 5.32 Å². The minimum absolute atomic E-state index is 0.304. The van der Waals surface area contributed by atoms with Crippen LogP contribution in [0.1, 0.15) is 57.8 Å². The van der Waals surface area contributed by atoms with Crippen molar-refractivity contribution in [3.05, 3.63) is 29.8 Å². The first kappa shape index (κ1) is 14.8. The van der Waals surface area contributed by atoms with E-state index in [1.165, 1.54) is 57.4 Å². The average Bonchev–Trinajstić information content (AvgIpc) is 2.53. The van der Waals surface area contributed by atoms with E-state index in [4.69, 9.17) is 0 Å². The van der Waals surface area contributed by atoms with E-state index in [-0.39, 0.29) is 0 Å². The number of hydrogen-bond donors (Lipinski definition) is 1. The van der Waals surface area contributed by atoms with E-state index < -0.39 is 11.6 Å². The number of nitrogens with one attached hydrogen (secondary N) is 1. The van der Waals surface area contributed by atoms with E-state index in [2.05, 4.69) is 5.32 Å². The Kier molecular flexibility index (Phi) is 4.77. The van der Waals surface area contributed by atoms with Gasteiger partial charge in [-0.15, -0.1) is 0 Å². The Bertz CT molecular complexity index is 468. The van der Waals surface area contributed by atoms with E-state index in [9.17, 15) is 8.78 Å². The van der Waals surface area contributed by atoms with E-state index in [0.29, 0.717) is 17.6 Å². The van der Waals surface area contributed by atoms with Crippen LogP contribution in [0.4, 0.5) is 14.5 Å². The number of hydrogen-bond acceptors (Lipinski definition) is 1. The number of rotatable bonds is 3. The number of anilines is 1. The van der Waals surface area contributed by atoms with Gasteiger partial charge in [0.1, 0.15) is 0 Å². The topological polar surface area (TPSA) is 12.0 Å². The van der Waals surface area contributed by atoms with Crippen LogP contribution in [-0.4, -0.2) is 6.04 Å². The van der Waals surface area contributed by atoms with E-state index in [0.717, 1.165) is 12.3 Å². The van der Waals surface area contributed by atoms with Crippen LogP contribution in [0.25, 0.3) is 0 Å². The zero-order valence-corrected chi connectivity index (χ0v) is 12.6. The molecule has 1 N–H and O–H groups in total. The molecule has 2 atom stereocenters. The van der Waals surface area contributed by atoms with Gasteiger partial charge in [-0.3, -0.25) is 0 Å². The molecule has 0 heterocycles. The standard InChI is InChI=1S/C18H25F2N/c19-15-10-6-12-17(18(15)20)21-16-11-5-4-9-14(16)13-7-2-1-3-8-13/h6,10,12-14,16,21H,1-5,7-9,11H2. The summed E-state index contributed by atoms with van der Waals surface area (Å²) in [5.41, 5.74) is 0.336. The average molecular weight is 293 g/mol. The summed E-state index contributed by atoms with van der Waals surface area (Å²) in [4.78, 5) is 0. The molecule has 3 rings (SSSR count). The zero-order valence-electron chi connectivity index (χ0n) is 12.6. The van der Waals surface area contributed by atoms with Gasteiger partial charge in [0.05, 0.1) is 5.69 Å². The van der Waals surface area contributed by atoms with Gasteiger partial charge in [-0.25, -0.2) is 8.78 Å². The van der Waals surface area contributed by atoms with E-state index in [1.54, 1.807) is 12.1 Å². The van der Waals surface area contributed by atoms with Gasteiger partial charge in [0.15, 0.2) is 11.6 Å². The van der Waals surface area contributed by atoms with Crippen molar-refractivity contribution in [2.24, 2.45) is 11.8 Å². The van der Waals surface area contributed by atoms with Gasteiger partial charge in [-0.2, -0.15) is 0 Å². The quantitative estimate of drug-likeness (QED) is 0.774. The lowest BCUT2D eigenvalue weighted by Gasteiger charge is -2.39. The van der Waals surface area contributed by atoms with Gasteiger partial charge in [-0.05, 0) is 36.8 Å². The Labute approximate surface area is 126 Å². The Morgan fingerprint density at radius 2 is 1.57 bits per heavy atom.